The summed E-state index contributed by atoms with van der Waals surface area (Å²) < 4.78 is 10.7. The highest BCUT2D eigenvalue weighted by Crippen LogP contribution is 2.16. The Balaban J connectivity index is 1.64. The van der Waals surface area contributed by atoms with Gasteiger partial charge in [0.05, 0.1) is 6.61 Å². The Morgan fingerprint density at radius 2 is 1.45 bits per heavy atom. The molecule has 3 aromatic carbocycles. The fourth-order valence-corrected chi connectivity index (χ4v) is 3.00. The molecule has 0 aliphatic carbocycles. The van der Waals surface area contributed by atoms with Crippen LogP contribution in [-0.4, -0.2) is 24.6 Å². The van der Waals surface area contributed by atoms with Gasteiger partial charge in [0.2, 0.25) is 5.91 Å². The van der Waals surface area contributed by atoms with Crippen molar-refractivity contribution in [3.63, 3.8) is 0 Å². The van der Waals surface area contributed by atoms with E-state index in [-0.39, 0.29) is 12.5 Å². The van der Waals surface area contributed by atoms with Crippen molar-refractivity contribution in [1.82, 2.24) is 5.32 Å². The van der Waals surface area contributed by atoms with Crippen LogP contribution in [0.2, 0.25) is 0 Å². The lowest BCUT2D eigenvalue weighted by atomic mass is 10.1. The van der Waals surface area contributed by atoms with Gasteiger partial charge in [-0.3, -0.25) is 4.79 Å². The molecule has 6 nitrogen and oxygen atoms in total. The van der Waals surface area contributed by atoms with Crippen molar-refractivity contribution in [1.29, 1.82) is 0 Å². The van der Waals surface area contributed by atoms with Crippen LogP contribution in [-0.2, 0) is 22.6 Å². The molecule has 0 fully saturated rings. The molecule has 2 N–H and O–H groups in total. The van der Waals surface area contributed by atoms with Gasteiger partial charge in [-0.1, -0.05) is 60.7 Å². The Hall–Kier alpha value is -3.80. The van der Waals surface area contributed by atoms with Gasteiger partial charge in [0.15, 0.2) is 0 Å². The highest BCUT2D eigenvalue weighted by Gasteiger charge is 2.22. The first-order chi connectivity index (χ1) is 15.1. The largest absolute Gasteiger partial charge is 0.494 e. The van der Waals surface area contributed by atoms with Crippen molar-refractivity contribution in [3.8, 4) is 5.75 Å². The number of nitrogens with one attached hydrogen (secondary N) is 2. The second-order valence-corrected chi connectivity index (χ2v) is 6.90. The van der Waals surface area contributed by atoms with Crippen LogP contribution in [0.3, 0.4) is 0 Å². The standard InChI is InChI=1S/C25H26N2O4/c1-2-30-22-15-13-21(14-16-22)26-24(28)23(17-19-9-5-3-6-10-19)27-25(29)31-18-20-11-7-4-8-12-20/h3-16,23H,2,17-18H2,1H3,(H,26,28)(H,27,29)/t23-/m0/s1. The lowest BCUT2D eigenvalue weighted by molar-refractivity contribution is -0.118. The van der Waals surface area contributed by atoms with Crippen LogP contribution in [0, 0.1) is 0 Å². The lowest BCUT2D eigenvalue weighted by Gasteiger charge is -2.19. The van der Waals surface area contributed by atoms with Crippen molar-refractivity contribution in [3.05, 3.63) is 96.1 Å². The minimum Gasteiger partial charge on any atom is -0.494 e. The van der Waals surface area contributed by atoms with Crippen LogP contribution in [0.25, 0.3) is 0 Å². The summed E-state index contributed by atoms with van der Waals surface area (Å²) in [5.41, 5.74) is 2.42. The van der Waals surface area contributed by atoms with E-state index in [0.29, 0.717) is 18.7 Å². The molecule has 0 saturated heterocycles. The Bertz CT molecular complexity index is 960. The summed E-state index contributed by atoms with van der Waals surface area (Å²) in [4.78, 5) is 25.3. The maximum atomic E-state index is 12.9. The zero-order valence-corrected chi connectivity index (χ0v) is 17.4. The molecular weight excluding hydrogens is 392 g/mol. The van der Waals surface area contributed by atoms with E-state index in [1.54, 1.807) is 24.3 Å². The fourth-order valence-electron chi connectivity index (χ4n) is 3.00. The molecule has 0 aliphatic heterocycles. The molecule has 1 atom stereocenters. The first kappa shape index (κ1) is 21.9. The first-order valence-corrected chi connectivity index (χ1v) is 10.2. The molecule has 0 aromatic heterocycles. The first-order valence-electron chi connectivity index (χ1n) is 10.2. The molecule has 31 heavy (non-hydrogen) atoms. The quantitative estimate of drug-likeness (QED) is 0.534. The fraction of sp³-hybridized carbons (Fsp3) is 0.200. The van der Waals surface area contributed by atoms with Gasteiger partial charge in [0, 0.05) is 12.1 Å². The molecule has 0 heterocycles. The molecule has 6 heteroatoms. The van der Waals surface area contributed by atoms with Crippen LogP contribution in [0.4, 0.5) is 10.5 Å². The van der Waals surface area contributed by atoms with E-state index in [0.717, 1.165) is 16.9 Å². The van der Waals surface area contributed by atoms with Crippen LogP contribution in [0.5, 0.6) is 5.75 Å². The SMILES string of the molecule is CCOc1ccc(NC(=O)[C@H](Cc2ccccc2)NC(=O)OCc2ccccc2)cc1. The molecule has 160 valence electrons. The van der Waals surface area contributed by atoms with Crippen molar-refractivity contribution >= 4 is 17.7 Å². The topological polar surface area (TPSA) is 76.7 Å². The highest BCUT2D eigenvalue weighted by atomic mass is 16.5. The third-order valence-electron chi connectivity index (χ3n) is 4.54. The molecule has 0 radical (unpaired) electrons. The molecule has 2 amide bonds. The van der Waals surface area contributed by atoms with Crippen molar-refractivity contribution in [2.45, 2.75) is 26.0 Å². The summed E-state index contributed by atoms with van der Waals surface area (Å²) in [6.45, 7) is 2.61. The summed E-state index contributed by atoms with van der Waals surface area (Å²) in [5, 5.41) is 5.54. The average molecular weight is 418 g/mol. The Morgan fingerprint density at radius 1 is 0.839 bits per heavy atom. The monoisotopic (exact) mass is 418 g/mol. The van der Waals surface area contributed by atoms with Gasteiger partial charge in [-0.25, -0.2) is 4.79 Å². The third kappa shape index (κ3) is 7.19. The predicted molar refractivity (Wildman–Crippen MR) is 120 cm³/mol. The van der Waals surface area contributed by atoms with Crippen LogP contribution in [0.1, 0.15) is 18.1 Å². The van der Waals surface area contributed by atoms with Gasteiger partial charge in [-0.05, 0) is 42.3 Å². The zero-order valence-electron chi connectivity index (χ0n) is 17.4. The summed E-state index contributed by atoms with van der Waals surface area (Å²) >= 11 is 0. The molecule has 0 saturated carbocycles. The number of hydrogen-bond donors (Lipinski definition) is 2. The maximum absolute atomic E-state index is 12.9. The summed E-state index contributed by atoms with van der Waals surface area (Å²) in [5.74, 6) is 0.397. The van der Waals surface area contributed by atoms with Gasteiger partial charge in [0.1, 0.15) is 18.4 Å². The van der Waals surface area contributed by atoms with Crippen LogP contribution in [0.15, 0.2) is 84.9 Å². The number of hydrogen-bond acceptors (Lipinski definition) is 4. The minimum atomic E-state index is -0.794. The van der Waals surface area contributed by atoms with Gasteiger partial charge < -0.3 is 20.1 Å². The van der Waals surface area contributed by atoms with E-state index in [4.69, 9.17) is 9.47 Å². The van der Waals surface area contributed by atoms with Gasteiger partial charge in [0.25, 0.3) is 0 Å². The summed E-state index contributed by atoms with van der Waals surface area (Å²) in [6.07, 6.45) is -0.309. The normalized spacial score (nSPS) is 11.3. The maximum Gasteiger partial charge on any atom is 0.408 e. The number of anilines is 1. The molecular formula is C25H26N2O4. The Morgan fingerprint density at radius 3 is 2.06 bits per heavy atom. The molecule has 0 bridgehead atoms. The Kier molecular flexibility index (Phi) is 8.05. The van der Waals surface area contributed by atoms with E-state index >= 15 is 0 Å². The number of amides is 2. The number of carbonyl (C=O) groups excluding carboxylic acids is 2. The third-order valence-corrected chi connectivity index (χ3v) is 4.54. The predicted octanol–water partition coefficient (Wildman–Crippen LogP) is 4.56. The summed E-state index contributed by atoms with van der Waals surface area (Å²) in [6, 6.07) is 25.2. The number of alkyl carbamates (subject to hydrolysis) is 1. The van der Waals surface area contributed by atoms with Crippen molar-refractivity contribution in [2.75, 3.05) is 11.9 Å². The molecule has 3 rings (SSSR count). The molecule has 0 aliphatic rings. The van der Waals surface area contributed by atoms with E-state index in [9.17, 15) is 9.59 Å². The number of ether oxygens (including phenoxy) is 2. The van der Waals surface area contributed by atoms with E-state index < -0.39 is 12.1 Å². The average Bonchev–Trinajstić information content (AvgIpc) is 2.80. The molecule has 0 spiro atoms. The highest BCUT2D eigenvalue weighted by molar-refractivity contribution is 5.96. The second kappa shape index (κ2) is 11.4. The van der Waals surface area contributed by atoms with E-state index in [1.165, 1.54) is 0 Å². The van der Waals surface area contributed by atoms with E-state index in [1.807, 2.05) is 67.6 Å². The number of rotatable bonds is 9. The molecule has 3 aromatic rings. The number of benzene rings is 3. The Labute approximate surface area is 182 Å². The second-order valence-electron chi connectivity index (χ2n) is 6.90. The van der Waals surface area contributed by atoms with Gasteiger partial charge in [-0.2, -0.15) is 0 Å². The smallest absolute Gasteiger partial charge is 0.408 e. The van der Waals surface area contributed by atoms with Gasteiger partial charge in [-0.15, -0.1) is 0 Å². The summed E-state index contributed by atoms with van der Waals surface area (Å²) in [7, 11) is 0. The van der Waals surface area contributed by atoms with Crippen LogP contribution < -0.4 is 15.4 Å². The van der Waals surface area contributed by atoms with Crippen molar-refractivity contribution < 1.29 is 19.1 Å². The zero-order chi connectivity index (χ0) is 21.9. The van der Waals surface area contributed by atoms with Crippen molar-refractivity contribution in [2.24, 2.45) is 0 Å². The van der Waals surface area contributed by atoms with E-state index in [2.05, 4.69) is 10.6 Å². The van der Waals surface area contributed by atoms with Gasteiger partial charge >= 0.3 is 6.09 Å². The number of carbonyl (C=O) groups is 2. The molecule has 0 unspecified atom stereocenters. The van der Waals surface area contributed by atoms with Crippen LogP contribution >= 0.6 is 0 Å². The lowest BCUT2D eigenvalue weighted by Crippen LogP contribution is -2.45. The minimum absolute atomic E-state index is 0.130.